The molecule has 2 rings (SSSR count). The first-order chi connectivity index (χ1) is 12.4. The normalized spacial score (nSPS) is 10.2. The Hall–Kier alpha value is -2.93. The van der Waals surface area contributed by atoms with Gasteiger partial charge in [0.05, 0.1) is 17.1 Å². The minimum Gasteiger partial charge on any atom is -0.462 e. The summed E-state index contributed by atoms with van der Waals surface area (Å²) >= 11 is 5.73. The number of nitrogens with zero attached hydrogens (tertiary/aromatic N) is 1. The Bertz CT molecular complexity index is 821. The number of hydrogen-bond donors (Lipinski definition) is 1. The number of rotatable bonds is 7. The van der Waals surface area contributed by atoms with Gasteiger partial charge < -0.3 is 10.1 Å². The van der Waals surface area contributed by atoms with Crippen molar-refractivity contribution in [3.8, 4) is 0 Å². The summed E-state index contributed by atoms with van der Waals surface area (Å²) in [5, 5.41) is 13.5. The van der Waals surface area contributed by atoms with E-state index >= 15 is 0 Å². The number of halogens is 1. The molecule has 0 aromatic heterocycles. The van der Waals surface area contributed by atoms with Gasteiger partial charge >= 0.3 is 5.97 Å². The van der Waals surface area contributed by atoms with Gasteiger partial charge in [-0.25, -0.2) is 4.79 Å². The Morgan fingerprint density at radius 3 is 2.42 bits per heavy atom. The lowest BCUT2D eigenvalue weighted by atomic mass is 10.1. The molecule has 1 N–H and O–H groups in total. The Morgan fingerprint density at radius 2 is 1.81 bits per heavy atom. The Balaban J connectivity index is 2.04. The zero-order chi connectivity index (χ0) is 19.1. The second kappa shape index (κ2) is 8.96. The molecule has 0 aliphatic rings. The predicted molar refractivity (Wildman–Crippen MR) is 97.7 cm³/mol. The van der Waals surface area contributed by atoms with Crippen molar-refractivity contribution < 1.29 is 19.2 Å². The van der Waals surface area contributed by atoms with Crippen LogP contribution in [0.2, 0.25) is 5.02 Å². The van der Waals surface area contributed by atoms with Gasteiger partial charge in [-0.3, -0.25) is 14.9 Å². The second-order valence-corrected chi connectivity index (χ2v) is 5.85. The molecule has 0 heterocycles. The molecule has 7 nitrogen and oxygen atoms in total. The molecule has 136 valence electrons. The van der Waals surface area contributed by atoms with Gasteiger partial charge in [0, 0.05) is 17.3 Å². The second-order valence-electron chi connectivity index (χ2n) is 5.44. The molecule has 2 aromatic carbocycles. The van der Waals surface area contributed by atoms with Gasteiger partial charge in [-0.05, 0) is 42.8 Å². The molecule has 0 atom stereocenters. The van der Waals surface area contributed by atoms with Crippen molar-refractivity contribution in [2.75, 3.05) is 11.9 Å². The fourth-order valence-corrected chi connectivity index (χ4v) is 2.27. The van der Waals surface area contributed by atoms with Crippen LogP contribution in [0, 0.1) is 10.1 Å². The predicted octanol–water partition coefficient (Wildman–Crippen LogP) is 4.46. The lowest BCUT2D eigenvalue weighted by Gasteiger charge is -2.07. The lowest BCUT2D eigenvalue weighted by Crippen LogP contribution is -2.12. The number of anilines is 1. The third-order valence-electron chi connectivity index (χ3n) is 3.51. The van der Waals surface area contributed by atoms with Crippen molar-refractivity contribution in [2.24, 2.45) is 0 Å². The number of nitrogens with one attached hydrogen (secondary N) is 1. The van der Waals surface area contributed by atoms with E-state index in [1.165, 1.54) is 24.3 Å². The molecule has 26 heavy (non-hydrogen) atoms. The van der Waals surface area contributed by atoms with Crippen LogP contribution in [0.5, 0.6) is 0 Å². The third kappa shape index (κ3) is 5.03. The summed E-state index contributed by atoms with van der Waals surface area (Å²) in [5.74, 6) is -0.951. The van der Waals surface area contributed by atoms with Gasteiger partial charge in [-0.2, -0.15) is 0 Å². The lowest BCUT2D eigenvalue weighted by molar-refractivity contribution is -0.384. The minimum atomic E-state index is -0.655. The van der Waals surface area contributed by atoms with E-state index in [9.17, 15) is 19.7 Å². The van der Waals surface area contributed by atoms with Crippen molar-refractivity contribution in [3.63, 3.8) is 0 Å². The number of carbonyl (C=O) groups excluding carboxylic acids is 2. The molecule has 0 spiro atoms. The molecule has 0 saturated carbocycles. The van der Waals surface area contributed by atoms with E-state index in [0.717, 1.165) is 18.9 Å². The highest BCUT2D eigenvalue weighted by molar-refractivity contribution is 6.32. The molecule has 0 saturated heterocycles. The molecule has 0 aliphatic carbocycles. The van der Waals surface area contributed by atoms with E-state index in [1.54, 1.807) is 12.1 Å². The average molecular weight is 377 g/mol. The zero-order valence-electron chi connectivity index (χ0n) is 14.0. The van der Waals surface area contributed by atoms with E-state index < -0.39 is 16.8 Å². The van der Waals surface area contributed by atoms with Crippen LogP contribution in [0.25, 0.3) is 0 Å². The number of esters is 1. The van der Waals surface area contributed by atoms with E-state index in [-0.39, 0.29) is 16.3 Å². The fraction of sp³-hybridized carbons (Fsp3) is 0.222. The van der Waals surface area contributed by atoms with E-state index in [2.05, 4.69) is 5.32 Å². The van der Waals surface area contributed by atoms with Crippen molar-refractivity contribution >= 4 is 34.9 Å². The molecule has 0 aliphatic heterocycles. The monoisotopic (exact) mass is 376 g/mol. The molecule has 2 aromatic rings. The van der Waals surface area contributed by atoms with Crippen LogP contribution in [-0.2, 0) is 4.74 Å². The third-order valence-corrected chi connectivity index (χ3v) is 3.83. The van der Waals surface area contributed by atoms with E-state index in [4.69, 9.17) is 16.3 Å². The van der Waals surface area contributed by atoms with Crippen LogP contribution in [0.4, 0.5) is 11.4 Å². The van der Waals surface area contributed by atoms with Crippen LogP contribution in [0.1, 0.15) is 40.5 Å². The van der Waals surface area contributed by atoms with Crippen LogP contribution in [-0.4, -0.2) is 23.4 Å². The van der Waals surface area contributed by atoms with Crippen molar-refractivity contribution in [3.05, 3.63) is 68.7 Å². The number of nitro groups is 1. The van der Waals surface area contributed by atoms with Gasteiger partial charge in [0.2, 0.25) is 0 Å². The van der Waals surface area contributed by atoms with Crippen molar-refractivity contribution in [2.45, 2.75) is 19.8 Å². The summed E-state index contributed by atoms with van der Waals surface area (Å²) in [4.78, 5) is 34.3. The SMILES string of the molecule is CCCCOC(=O)c1ccc(NC(=O)c2ccc(Cl)c([N+](=O)[O-])c2)cc1. The largest absolute Gasteiger partial charge is 0.462 e. The van der Waals surface area contributed by atoms with E-state index in [0.29, 0.717) is 17.9 Å². The molecule has 1 amide bonds. The summed E-state index contributed by atoms with van der Waals surface area (Å²) in [7, 11) is 0. The quantitative estimate of drug-likeness (QED) is 0.333. The zero-order valence-corrected chi connectivity index (χ0v) is 14.8. The first-order valence-corrected chi connectivity index (χ1v) is 8.32. The van der Waals surface area contributed by atoms with Crippen molar-refractivity contribution in [1.29, 1.82) is 0 Å². The van der Waals surface area contributed by atoms with Crippen LogP contribution >= 0.6 is 11.6 Å². The molecular weight excluding hydrogens is 360 g/mol. The number of nitro benzene ring substituents is 1. The maximum atomic E-state index is 12.2. The maximum absolute atomic E-state index is 12.2. The summed E-state index contributed by atoms with van der Waals surface area (Å²) in [6.45, 7) is 2.36. The van der Waals surface area contributed by atoms with Gasteiger partial charge in [-0.15, -0.1) is 0 Å². The number of carbonyl (C=O) groups is 2. The molecule has 0 fully saturated rings. The Labute approximate surface area is 155 Å². The maximum Gasteiger partial charge on any atom is 0.338 e. The standard InChI is InChI=1S/C18H17ClN2O5/c1-2-3-10-26-18(23)12-4-7-14(8-5-12)20-17(22)13-6-9-15(19)16(11-13)21(24)25/h4-9,11H,2-3,10H2,1H3,(H,20,22). The summed E-state index contributed by atoms with van der Waals surface area (Å²) in [6, 6.07) is 9.98. The van der Waals surface area contributed by atoms with Gasteiger partial charge in [0.1, 0.15) is 5.02 Å². The molecular formula is C18H17ClN2O5. The van der Waals surface area contributed by atoms with Crippen molar-refractivity contribution in [1.82, 2.24) is 0 Å². The number of benzene rings is 2. The first-order valence-electron chi connectivity index (χ1n) is 7.95. The Morgan fingerprint density at radius 1 is 1.15 bits per heavy atom. The van der Waals surface area contributed by atoms with Gasteiger partial charge in [0.15, 0.2) is 0 Å². The number of unbranched alkanes of at least 4 members (excludes halogenated alkanes) is 1. The summed E-state index contributed by atoms with van der Waals surface area (Å²) in [6.07, 6.45) is 1.73. The average Bonchev–Trinajstić information content (AvgIpc) is 2.62. The number of ether oxygens (including phenoxy) is 1. The molecule has 8 heteroatoms. The highest BCUT2D eigenvalue weighted by Gasteiger charge is 2.16. The molecule has 0 radical (unpaired) electrons. The van der Waals surface area contributed by atoms with E-state index in [1.807, 2.05) is 6.92 Å². The topological polar surface area (TPSA) is 98.5 Å². The minimum absolute atomic E-state index is 0.0440. The smallest absolute Gasteiger partial charge is 0.338 e. The van der Waals surface area contributed by atoms with Crippen LogP contribution < -0.4 is 5.32 Å². The van der Waals surface area contributed by atoms with Gasteiger partial charge in [-0.1, -0.05) is 24.9 Å². The van der Waals surface area contributed by atoms with Crippen LogP contribution in [0.15, 0.2) is 42.5 Å². The molecule has 0 unspecified atom stereocenters. The highest BCUT2D eigenvalue weighted by Crippen LogP contribution is 2.25. The summed E-state index contributed by atoms with van der Waals surface area (Å²) in [5.41, 5.74) is 0.576. The van der Waals surface area contributed by atoms with Gasteiger partial charge in [0.25, 0.3) is 11.6 Å². The van der Waals surface area contributed by atoms with Crippen LogP contribution in [0.3, 0.4) is 0 Å². The number of amides is 1. The Kier molecular flexibility index (Phi) is 6.68. The summed E-state index contributed by atoms with van der Waals surface area (Å²) < 4.78 is 5.10. The highest BCUT2D eigenvalue weighted by atomic mass is 35.5. The first kappa shape index (κ1) is 19.4. The number of hydrogen-bond acceptors (Lipinski definition) is 5. The molecule has 0 bridgehead atoms. The fourth-order valence-electron chi connectivity index (χ4n) is 2.08.